The lowest BCUT2D eigenvalue weighted by atomic mass is 10.0. The van der Waals surface area contributed by atoms with Crippen LogP contribution < -0.4 is 9.21 Å². The number of hydrogen-bond donors (Lipinski definition) is 0. The van der Waals surface area contributed by atoms with Crippen molar-refractivity contribution in [2.75, 3.05) is 29.6 Å². The second kappa shape index (κ2) is 7.98. The van der Waals surface area contributed by atoms with Gasteiger partial charge < -0.3 is 4.74 Å². The Morgan fingerprint density at radius 2 is 1.66 bits per heavy atom. The van der Waals surface area contributed by atoms with Crippen LogP contribution in [-0.4, -0.2) is 40.5 Å². The minimum absolute atomic E-state index is 0.0302. The zero-order valence-corrected chi connectivity index (χ0v) is 18.0. The zero-order valence-electron chi connectivity index (χ0n) is 17.2. The minimum Gasteiger partial charge on any atom is -0.443 e. The van der Waals surface area contributed by atoms with Crippen LogP contribution in [0.2, 0.25) is 0 Å². The third-order valence-corrected chi connectivity index (χ3v) is 5.26. The van der Waals surface area contributed by atoms with Crippen LogP contribution in [0.4, 0.5) is 25.0 Å². The summed E-state index contributed by atoms with van der Waals surface area (Å²) in [5.41, 5.74) is -0.508. The molecule has 0 aliphatic carbocycles. The summed E-state index contributed by atoms with van der Waals surface area (Å²) in [5.74, 6) is -1.50. The molecule has 1 amide bonds. The van der Waals surface area contributed by atoms with E-state index in [1.807, 2.05) is 0 Å². The van der Waals surface area contributed by atoms with Gasteiger partial charge in [-0.3, -0.25) is 9.21 Å². The van der Waals surface area contributed by atoms with Crippen LogP contribution in [0, 0.1) is 11.6 Å². The fourth-order valence-electron chi connectivity index (χ4n) is 2.61. The normalized spacial score (nSPS) is 11.9. The SMILES string of the molecule is CN(C(=O)OC(C)(C)C)c1ccc(-c2cccc(F)c2N(C)S(C)(=O)=O)cc1F. The van der Waals surface area contributed by atoms with Gasteiger partial charge in [-0.2, -0.15) is 0 Å². The van der Waals surface area contributed by atoms with Crippen LogP contribution in [0.15, 0.2) is 36.4 Å². The van der Waals surface area contributed by atoms with Gasteiger partial charge in [0.1, 0.15) is 17.2 Å². The molecule has 0 spiro atoms. The second-order valence-electron chi connectivity index (χ2n) is 7.57. The van der Waals surface area contributed by atoms with E-state index in [2.05, 4.69) is 0 Å². The van der Waals surface area contributed by atoms with E-state index in [1.54, 1.807) is 20.8 Å². The number of carbonyl (C=O) groups is 1. The van der Waals surface area contributed by atoms with E-state index in [0.29, 0.717) is 0 Å². The summed E-state index contributed by atoms with van der Waals surface area (Å²) >= 11 is 0. The molecule has 0 aliphatic rings. The molecule has 0 fully saturated rings. The van der Waals surface area contributed by atoms with Crippen LogP contribution in [0.3, 0.4) is 0 Å². The van der Waals surface area contributed by atoms with Gasteiger partial charge in [0.2, 0.25) is 10.0 Å². The van der Waals surface area contributed by atoms with Gasteiger partial charge in [-0.05, 0) is 44.5 Å². The summed E-state index contributed by atoms with van der Waals surface area (Å²) < 4.78 is 59.0. The van der Waals surface area contributed by atoms with Crippen molar-refractivity contribution in [1.82, 2.24) is 0 Å². The first-order chi connectivity index (χ1) is 13.2. The number of nitrogens with zero attached hydrogens (tertiary/aromatic N) is 2. The van der Waals surface area contributed by atoms with Crippen molar-refractivity contribution in [3.63, 3.8) is 0 Å². The van der Waals surface area contributed by atoms with E-state index in [-0.39, 0.29) is 22.5 Å². The molecule has 2 rings (SSSR count). The standard InChI is InChI=1S/C20H24F2N2O4S/c1-20(2,3)28-19(25)23(4)17-11-10-13(12-16(17)22)14-8-7-9-15(21)18(14)24(5)29(6,26)27/h7-12H,1-6H3. The molecular formula is C20H24F2N2O4S. The van der Waals surface area contributed by atoms with Crippen LogP contribution >= 0.6 is 0 Å². The maximum absolute atomic E-state index is 14.8. The second-order valence-corrected chi connectivity index (χ2v) is 9.59. The monoisotopic (exact) mass is 426 g/mol. The summed E-state index contributed by atoms with van der Waals surface area (Å²) in [6.45, 7) is 5.09. The van der Waals surface area contributed by atoms with Crippen molar-refractivity contribution in [1.29, 1.82) is 0 Å². The lowest BCUT2D eigenvalue weighted by Crippen LogP contribution is -2.34. The number of anilines is 2. The number of carbonyl (C=O) groups excluding carboxylic acids is 1. The molecular weight excluding hydrogens is 402 g/mol. The van der Waals surface area contributed by atoms with Crippen molar-refractivity contribution in [3.05, 3.63) is 48.0 Å². The van der Waals surface area contributed by atoms with E-state index in [4.69, 9.17) is 4.74 Å². The lowest BCUT2D eigenvalue weighted by Gasteiger charge is -2.25. The van der Waals surface area contributed by atoms with Crippen molar-refractivity contribution in [3.8, 4) is 11.1 Å². The van der Waals surface area contributed by atoms with Crippen LogP contribution in [0.1, 0.15) is 20.8 Å². The molecule has 0 aliphatic heterocycles. The van der Waals surface area contributed by atoms with E-state index < -0.39 is 33.4 Å². The summed E-state index contributed by atoms with van der Waals surface area (Å²) in [6.07, 6.45) is 0.218. The number of halogens is 2. The number of amides is 1. The molecule has 0 saturated carbocycles. The average Bonchev–Trinajstić information content (AvgIpc) is 2.58. The molecule has 2 aromatic carbocycles. The molecule has 0 bridgehead atoms. The van der Waals surface area contributed by atoms with Gasteiger partial charge >= 0.3 is 6.09 Å². The highest BCUT2D eigenvalue weighted by Crippen LogP contribution is 2.35. The highest BCUT2D eigenvalue weighted by Gasteiger charge is 2.24. The number of benzene rings is 2. The molecule has 29 heavy (non-hydrogen) atoms. The van der Waals surface area contributed by atoms with Gasteiger partial charge in [0.05, 0.1) is 17.6 Å². The molecule has 0 aromatic heterocycles. The number of hydrogen-bond acceptors (Lipinski definition) is 4. The van der Waals surface area contributed by atoms with E-state index in [9.17, 15) is 22.0 Å². The molecule has 9 heteroatoms. The summed E-state index contributed by atoms with van der Waals surface area (Å²) in [6, 6.07) is 7.97. The topological polar surface area (TPSA) is 66.9 Å². The van der Waals surface area contributed by atoms with Crippen LogP contribution in [0.25, 0.3) is 11.1 Å². The Balaban J connectivity index is 2.49. The molecule has 0 saturated heterocycles. The molecule has 0 atom stereocenters. The first-order valence-electron chi connectivity index (χ1n) is 8.71. The molecule has 0 radical (unpaired) electrons. The fraction of sp³-hybridized carbons (Fsp3) is 0.350. The third kappa shape index (κ3) is 5.23. The van der Waals surface area contributed by atoms with Gasteiger partial charge in [-0.1, -0.05) is 18.2 Å². The first-order valence-corrected chi connectivity index (χ1v) is 10.6. The molecule has 6 nitrogen and oxygen atoms in total. The number of rotatable bonds is 4. The Hall–Kier alpha value is -2.68. The van der Waals surface area contributed by atoms with Gasteiger partial charge in [0.15, 0.2) is 0 Å². The Morgan fingerprint density at radius 1 is 1.03 bits per heavy atom. The van der Waals surface area contributed by atoms with Gasteiger partial charge in [0.25, 0.3) is 0 Å². The number of ether oxygens (including phenoxy) is 1. The van der Waals surface area contributed by atoms with Gasteiger partial charge in [-0.15, -0.1) is 0 Å². The zero-order chi connectivity index (χ0) is 22.1. The molecule has 158 valence electrons. The van der Waals surface area contributed by atoms with Gasteiger partial charge in [-0.25, -0.2) is 22.0 Å². The van der Waals surface area contributed by atoms with E-state index in [1.165, 1.54) is 38.4 Å². The molecule has 0 unspecified atom stereocenters. The van der Waals surface area contributed by atoms with Crippen molar-refractivity contribution in [2.24, 2.45) is 0 Å². The summed E-state index contributed by atoms with van der Waals surface area (Å²) in [7, 11) is -1.15. The number of sulfonamides is 1. The molecule has 0 heterocycles. The van der Waals surface area contributed by atoms with Crippen molar-refractivity contribution >= 4 is 27.5 Å². The highest BCUT2D eigenvalue weighted by atomic mass is 32.2. The summed E-state index contributed by atoms with van der Waals surface area (Å²) in [5, 5.41) is 0. The summed E-state index contributed by atoms with van der Waals surface area (Å²) in [4.78, 5) is 13.2. The largest absolute Gasteiger partial charge is 0.443 e. The first kappa shape index (κ1) is 22.6. The Bertz CT molecular complexity index is 1030. The smallest absolute Gasteiger partial charge is 0.414 e. The Kier molecular flexibility index (Phi) is 6.22. The minimum atomic E-state index is -3.74. The van der Waals surface area contributed by atoms with Crippen LogP contribution in [0.5, 0.6) is 0 Å². The average molecular weight is 426 g/mol. The molecule has 0 N–H and O–H groups in total. The lowest BCUT2D eigenvalue weighted by molar-refractivity contribution is 0.0588. The fourth-order valence-corrected chi connectivity index (χ4v) is 3.13. The predicted octanol–water partition coefficient (Wildman–Crippen LogP) is 4.40. The van der Waals surface area contributed by atoms with Crippen molar-refractivity contribution < 1.29 is 26.7 Å². The Labute approximate surface area is 169 Å². The van der Waals surface area contributed by atoms with E-state index >= 15 is 0 Å². The maximum atomic E-state index is 14.8. The predicted molar refractivity (Wildman–Crippen MR) is 110 cm³/mol. The number of para-hydroxylation sites is 1. The van der Waals surface area contributed by atoms with Gasteiger partial charge in [0, 0.05) is 19.7 Å². The van der Waals surface area contributed by atoms with Crippen LogP contribution in [-0.2, 0) is 14.8 Å². The highest BCUT2D eigenvalue weighted by molar-refractivity contribution is 7.92. The third-order valence-electron chi connectivity index (χ3n) is 4.09. The quantitative estimate of drug-likeness (QED) is 0.727. The van der Waals surface area contributed by atoms with E-state index in [0.717, 1.165) is 27.6 Å². The maximum Gasteiger partial charge on any atom is 0.414 e. The Morgan fingerprint density at radius 3 is 2.17 bits per heavy atom. The van der Waals surface area contributed by atoms with Crippen molar-refractivity contribution in [2.45, 2.75) is 26.4 Å². The molecule has 2 aromatic rings.